The average molecular weight is 247 g/mol. The van der Waals surface area contributed by atoms with Gasteiger partial charge < -0.3 is 9.84 Å². The van der Waals surface area contributed by atoms with Crippen LogP contribution in [-0.2, 0) is 11.2 Å². The Bertz CT molecular complexity index is 436. The van der Waals surface area contributed by atoms with Gasteiger partial charge in [0.25, 0.3) is 0 Å². The van der Waals surface area contributed by atoms with Gasteiger partial charge in [-0.2, -0.15) is 0 Å². The van der Waals surface area contributed by atoms with Gasteiger partial charge in [-0.1, -0.05) is 12.1 Å². The third-order valence-corrected chi connectivity index (χ3v) is 4.10. The van der Waals surface area contributed by atoms with Crippen LogP contribution in [-0.4, -0.2) is 35.3 Å². The van der Waals surface area contributed by atoms with Gasteiger partial charge in [-0.05, 0) is 43.9 Å². The zero-order chi connectivity index (χ0) is 12.7. The minimum absolute atomic E-state index is 0.301. The average Bonchev–Trinajstić information content (AvgIpc) is 2.73. The number of fused-ring (bicyclic) bond motifs is 1. The highest BCUT2D eigenvalue weighted by atomic mass is 16.5. The van der Waals surface area contributed by atoms with Crippen LogP contribution in [0.3, 0.4) is 0 Å². The standard InChI is InChI=1S/C15H21NO2/c1-10-8-16(9-11(2)18-10)14-7-6-13-12(14)4-3-5-15(13)17/h3-5,10-11,14,17H,6-9H2,1-2H3. The first-order valence-corrected chi connectivity index (χ1v) is 6.85. The summed E-state index contributed by atoms with van der Waals surface area (Å²) in [6.07, 6.45) is 2.71. The van der Waals surface area contributed by atoms with E-state index >= 15 is 0 Å². The lowest BCUT2D eigenvalue weighted by Gasteiger charge is -2.39. The third-order valence-electron chi connectivity index (χ3n) is 4.10. The van der Waals surface area contributed by atoms with Crippen molar-refractivity contribution < 1.29 is 9.84 Å². The molecule has 3 heteroatoms. The maximum absolute atomic E-state index is 9.91. The van der Waals surface area contributed by atoms with E-state index in [4.69, 9.17) is 4.74 Å². The number of ether oxygens (including phenoxy) is 1. The number of hydrogen-bond acceptors (Lipinski definition) is 3. The molecule has 98 valence electrons. The monoisotopic (exact) mass is 247 g/mol. The first kappa shape index (κ1) is 12.0. The summed E-state index contributed by atoms with van der Waals surface area (Å²) in [5.41, 5.74) is 2.46. The van der Waals surface area contributed by atoms with Crippen LogP contribution in [0, 0.1) is 0 Å². The van der Waals surface area contributed by atoms with Crippen LogP contribution in [0.2, 0.25) is 0 Å². The number of benzene rings is 1. The Hall–Kier alpha value is -1.06. The van der Waals surface area contributed by atoms with E-state index in [9.17, 15) is 5.11 Å². The molecule has 0 aromatic heterocycles. The van der Waals surface area contributed by atoms with Crippen molar-refractivity contribution in [1.29, 1.82) is 0 Å². The topological polar surface area (TPSA) is 32.7 Å². The minimum atomic E-state index is 0.301. The summed E-state index contributed by atoms with van der Waals surface area (Å²) in [6.45, 7) is 6.26. The fourth-order valence-corrected chi connectivity index (χ4v) is 3.46. The van der Waals surface area contributed by atoms with Crippen LogP contribution in [0.15, 0.2) is 18.2 Å². The molecule has 2 aliphatic rings. The van der Waals surface area contributed by atoms with E-state index in [2.05, 4.69) is 24.8 Å². The van der Waals surface area contributed by atoms with Crippen molar-refractivity contribution in [2.45, 2.75) is 44.9 Å². The van der Waals surface area contributed by atoms with Gasteiger partial charge in [-0.15, -0.1) is 0 Å². The first-order chi connectivity index (χ1) is 8.65. The van der Waals surface area contributed by atoms with E-state index in [0.717, 1.165) is 31.5 Å². The van der Waals surface area contributed by atoms with Crippen LogP contribution in [0.5, 0.6) is 5.75 Å². The van der Waals surface area contributed by atoms with E-state index in [1.54, 1.807) is 6.07 Å². The summed E-state index contributed by atoms with van der Waals surface area (Å²) in [4.78, 5) is 2.52. The Morgan fingerprint density at radius 1 is 1.22 bits per heavy atom. The predicted octanol–water partition coefficient (Wildman–Crippen LogP) is 2.49. The molecule has 3 unspecified atom stereocenters. The van der Waals surface area contributed by atoms with Gasteiger partial charge in [-0.25, -0.2) is 0 Å². The molecule has 1 aliphatic carbocycles. The highest BCUT2D eigenvalue weighted by molar-refractivity contribution is 5.44. The number of nitrogens with zero attached hydrogens (tertiary/aromatic N) is 1. The second kappa shape index (κ2) is 4.56. The maximum Gasteiger partial charge on any atom is 0.119 e. The SMILES string of the molecule is CC1CN(C2CCc3c(O)cccc32)CC(C)O1. The lowest BCUT2D eigenvalue weighted by atomic mass is 10.0. The van der Waals surface area contributed by atoms with Crippen LogP contribution in [0.4, 0.5) is 0 Å². The highest BCUT2D eigenvalue weighted by Gasteiger charge is 2.33. The van der Waals surface area contributed by atoms with Crippen molar-refractivity contribution in [3.05, 3.63) is 29.3 Å². The Morgan fingerprint density at radius 2 is 1.94 bits per heavy atom. The summed E-state index contributed by atoms with van der Waals surface area (Å²) in [7, 11) is 0. The number of phenolic OH excluding ortho intramolecular Hbond substituents is 1. The highest BCUT2D eigenvalue weighted by Crippen LogP contribution is 2.40. The summed E-state index contributed by atoms with van der Waals surface area (Å²) >= 11 is 0. The lowest BCUT2D eigenvalue weighted by Crippen LogP contribution is -2.46. The fraction of sp³-hybridized carbons (Fsp3) is 0.600. The van der Waals surface area contributed by atoms with Crippen LogP contribution >= 0.6 is 0 Å². The zero-order valence-corrected chi connectivity index (χ0v) is 11.1. The Morgan fingerprint density at radius 3 is 2.67 bits per heavy atom. The molecule has 1 aromatic carbocycles. The Labute approximate surface area is 108 Å². The largest absolute Gasteiger partial charge is 0.508 e. The summed E-state index contributed by atoms with van der Waals surface area (Å²) in [5, 5.41) is 9.91. The van der Waals surface area contributed by atoms with Crippen molar-refractivity contribution in [1.82, 2.24) is 4.90 Å². The molecule has 0 amide bonds. The first-order valence-electron chi connectivity index (χ1n) is 6.85. The molecule has 1 fully saturated rings. The van der Waals surface area contributed by atoms with Crippen molar-refractivity contribution in [2.75, 3.05) is 13.1 Å². The van der Waals surface area contributed by atoms with Gasteiger partial charge in [0.1, 0.15) is 5.75 Å². The quantitative estimate of drug-likeness (QED) is 0.827. The molecule has 3 nitrogen and oxygen atoms in total. The number of phenols is 1. The summed E-state index contributed by atoms with van der Waals surface area (Å²) < 4.78 is 5.80. The molecule has 3 rings (SSSR count). The van der Waals surface area contributed by atoms with Crippen molar-refractivity contribution in [2.24, 2.45) is 0 Å². The predicted molar refractivity (Wildman–Crippen MR) is 70.8 cm³/mol. The lowest BCUT2D eigenvalue weighted by molar-refractivity contribution is -0.0807. The maximum atomic E-state index is 9.91. The van der Waals surface area contributed by atoms with E-state index in [1.807, 2.05) is 6.07 Å². The number of aromatic hydroxyl groups is 1. The van der Waals surface area contributed by atoms with Gasteiger partial charge in [0.2, 0.25) is 0 Å². The van der Waals surface area contributed by atoms with Gasteiger partial charge >= 0.3 is 0 Å². The molecule has 18 heavy (non-hydrogen) atoms. The number of morpholine rings is 1. The second-order valence-electron chi connectivity index (χ2n) is 5.61. The molecule has 1 aromatic rings. The molecule has 0 radical (unpaired) electrons. The Kier molecular flexibility index (Phi) is 3.04. The molecule has 0 bridgehead atoms. The summed E-state index contributed by atoms with van der Waals surface area (Å²) in [6, 6.07) is 6.38. The summed E-state index contributed by atoms with van der Waals surface area (Å²) in [5.74, 6) is 0.462. The molecule has 1 heterocycles. The molecule has 1 aliphatic heterocycles. The molecular formula is C15H21NO2. The van der Waals surface area contributed by atoms with Crippen LogP contribution in [0.25, 0.3) is 0 Å². The van der Waals surface area contributed by atoms with E-state index in [1.165, 1.54) is 5.56 Å². The van der Waals surface area contributed by atoms with Crippen molar-refractivity contribution in [3.8, 4) is 5.75 Å². The van der Waals surface area contributed by atoms with E-state index < -0.39 is 0 Å². The number of hydrogen-bond donors (Lipinski definition) is 1. The number of rotatable bonds is 1. The smallest absolute Gasteiger partial charge is 0.119 e. The van der Waals surface area contributed by atoms with E-state index in [-0.39, 0.29) is 0 Å². The van der Waals surface area contributed by atoms with Crippen LogP contribution < -0.4 is 0 Å². The molecule has 0 spiro atoms. The Balaban J connectivity index is 1.85. The van der Waals surface area contributed by atoms with Gasteiger partial charge in [-0.3, -0.25) is 4.90 Å². The van der Waals surface area contributed by atoms with Gasteiger partial charge in [0.05, 0.1) is 12.2 Å². The third kappa shape index (κ3) is 2.02. The molecule has 1 saturated heterocycles. The van der Waals surface area contributed by atoms with Gasteiger partial charge in [0, 0.05) is 19.1 Å². The zero-order valence-electron chi connectivity index (χ0n) is 11.1. The minimum Gasteiger partial charge on any atom is -0.508 e. The molecule has 0 saturated carbocycles. The molecule has 1 N–H and O–H groups in total. The van der Waals surface area contributed by atoms with Gasteiger partial charge in [0.15, 0.2) is 0 Å². The second-order valence-corrected chi connectivity index (χ2v) is 5.61. The van der Waals surface area contributed by atoms with E-state index in [0.29, 0.717) is 24.0 Å². The van der Waals surface area contributed by atoms with Crippen LogP contribution in [0.1, 0.15) is 37.4 Å². The molecule has 3 atom stereocenters. The van der Waals surface area contributed by atoms with Crippen molar-refractivity contribution >= 4 is 0 Å². The normalized spacial score (nSPS) is 32.4. The molecular weight excluding hydrogens is 226 g/mol. The van der Waals surface area contributed by atoms with Crippen molar-refractivity contribution in [3.63, 3.8) is 0 Å². The fourth-order valence-electron chi connectivity index (χ4n) is 3.46.